The van der Waals surface area contributed by atoms with Crippen molar-refractivity contribution in [2.24, 2.45) is 16.6 Å². The number of primary amides is 1. The quantitative estimate of drug-likeness (QED) is 0.159. The average molecular weight is 812 g/mol. The predicted molar refractivity (Wildman–Crippen MR) is 217 cm³/mol. The number of fused-ring (bicyclic) bond motifs is 1. The second-order valence-corrected chi connectivity index (χ2v) is 17.6. The lowest BCUT2D eigenvalue weighted by molar-refractivity contribution is -0.216. The van der Waals surface area contributed by atoms with Crippen LogP contribution in [-0.4, -0.2) is 94.2 Å². The lowest BCUT2D eigenvalue weighted by atomic mass is 9.48. The van der Waals surface area contributed by atoms with E-state index in [4.69, 9.17) is 22.1 Å². The molecule has 7 rings (SSSR count). The van der Waals surface area contributed by atoms with E-state index in [9.17, 15) is 24.4 Å². The summed E-state index contributed by atoms with van der Waals surface area (Å²) in [5.74, 6) is -1.56. The molecule has 0 radical (unpaired) electrons. The van der Waals surface area contributed by atoms with Gasteiger partial charge in [-0.15, -0.1) is 0 Å². The molecule has 4 heterocycles. The van der Waals surface area contributed by atoms with Gasteiger partial charge in [-0.25, -0.2) is 4.39 Å². The van der Waals surface area contributed by atoms with Gasteiger partial charge in [0.2, 0.25) is 11.8 Å². The Balaban J connectivity index is 0.931. The van der Waals surface area contributed by atoms with Gasteiger partial charge in [-0.1, -0.05) is 52.1 Å². The molecule has 2 aromatic carbocycles. The Labute approximate surface area is 344 Å². The molecule has 0 spiro atoms. The average Bonchev–Trinajstić information content (AvgIpc) is 3.50. The molecule has 1 aromatic heterocycles. The number of imide groups is 1. The maximum absolute atomic E-state index is 15.7. The van der Waals surface area contributed by atoms with Crippen molar-refractivity contribution >= 4 is 40.9 Å². The second-order valence-electron chi connectivity index (χ2n) is 17.2. The highest BCUT2D eigenvalue weighted by Crippen LogP contribution is 2.58. The number of carbonyl (C=O) groups excluding carboxylic acids is 4. The molecule has 3 aliphatic heterocycles. The number of likely N-dealkylation sites (tertiary alicyclic amines) is 1. The Kier molecular flexibility index (Phi) is 11.6. The smallest absolute Gasteiger partial charge is 0.255 e. The van der Waals surface area contributed by atoms with E-state index in [1.54, 1.807) is 30.3 Å². The molecule has 58 heavy (non-hydrogen) atoms. The van der Waals surface area contributed by atoms with E-state index in [0.29, 0.717) is 41.2 Å². The van der Waals surface area contributed by atoms with Crippen molar-refractivity contribution in [1.29, 1.82) is 5.26 Å². The summed E-state index contributed by atoms with van der Waals surface area (Å²) in [6.45, 7) is 11.9. The number of pyridine rings is 1. The number of anilines is 1. The summed E-state index contributed by atoms with van der Waals surface area (Å²) in [7, 11) is 0. The number of ether oxygens (including phenoxy) is 1. The number of carbonyl (C=O) groups is 4. The number of piperidine rings is 1. The van der Waals surface area contributed by atoms with Crippen LogP contribution in [0.4, 0.5) is 10.1 Å². The molecular weight excluding hydrogens is 761 g/mol. The van der Waals surface area contributed by atoms with E-state index in [0.717, 1.165) is 57.4 Å². The van der Waals surface area contributed by atoms with E-state index in [-0.39, 0.29) is 35.9 Å². The van der Waals surface area contributed by atoms with Gasteiger partial charge in [0.25, 0.3) is 11.8 Å². The molecule has 4 amide bonds. The first-order valence-electron chi connectivity index (χ1n) is 20.2. The highest BCUT2D eigenvalue weighted by Gasteiger charge is 2.68. The molecule has 0 bridgehead atoms. The van der Waals surface area contributed by atoms with E-state index < -0.39 is 52.6 Å². The van der Waals surface area contributed by atoms with Gasteiger partial charge in [0.1, 0.15) is 29.8 Å². The van der Waals surface area contributed by atoms with Crippen LogP contribution in [0, 0.1) is 28.0 Å². The number of nitrogens with zero attached hydrogens (tertiary/aromatic N) is 6. The van der Waals surface area contributed by atoms with Gasteiger partial charge in [-0.05, 0) is 74.2 Å². The van der Waals surface area contributed by atoms with Gasteiger partial charge in [-0.2, -0.15) is 5.26 Å². The molecule has 3 fully saturated rings. The predicted octanol–water partition coefficient (Wildman–Crippen LogP) is 6.13. The molecule has 2 N–H and O–H groups in total. The number of nitriles is 1. The third-order valence-corrected chi connectivity index (χ3v) is 12.9. The first-order chi connectivity index (χ1) is 27.6. The molecule has 4 aliphatic rings. The molecule has 2 saturated heterocycles. The van der Waals surface area contributed by atoms with Crippen molar-refractivity contribution < 1.29 is 28.3 Å². The normalized spacial score (nSPS) is 22.7. The van der Waals surface area contributed by atoms with Crippen molar-refractivity contribution in [3.8, 4) is 11.8 Å². The van der Waals surface area contributed by atoms with Gasteiger partial charge < -0.3 is 20.3 Å². The molecule has 1 aliphatic carbocycles. The van der Waals surface area contributed by atoms with Crippen molar-refractivity contribution in [3.05, 3.63) is 87.4 Å². The number of unbranched alkanes of at least 4 members (excludes halogenated alkanes) is 3. The highest BCUT2D eigenvalue weighted by molar-refractivity contribution is 6.31. The van der Waals surface area contributed by atoms with Crippen LogP contribution in [0.5, 0.6) is 5.75 Å². The van der Waals surface area contributed by atoms with Gasteiger partial charge in [0.15, 0.2) is 0 Å². The fourth-order valence-corrected chi connectivity index (χ4v) is 10.2. The number of aromatic nitrogens is 1. The van der Waals surface area contributed by atoms with Crippen molar-refractivity contribution in [3.63, 3.8) is 0 Å². The van der Waals surface area contributed by atoms with Gasteiger partial charge in [-0.3, -0.25) is 34.0 Å². The molecule has 14 heteroatoms. The molecule has 12 nitrogen and oxygen atoms in total. The number of amides is 4. The summed E-state index contributed by atoms with van der Waals surface area (Å²) in [4.78, 5) is 64.6. The molecule has 1 saturated carbocycles. The van der Waals surface area contributed by atoms with Crippen molar-refractivity contribution in [2.75, 3.05) is 37.6 Å². The Morgan fingerprint density at radius 1 is 1.00 bits per heavy atom. The second kappa shape index (κ2) is 16.3. The highest BCUT2D eigenvalue weighted by atomic mass is 35.5. The first-order valence-corrected chi connectivity index (χ1v) is 20.6. The van der Waals surface area contributed by atoms with Crippen LogP contribution < -0.4 is 15.4 Å². The van der Waals surface area contributed by atoms with E-state index >= 15 is 4.39 Å². The van der Waals surface area contributed by atoms with Crippen molar-refractivity contribution in [1.82, 2.24) is 19.7 Å². The monoisotopic (exact) mass is 811 g/mol. The Bertz CT molecular complexity index is 2130. The number of hydrogen-bond acceptors (Lipinski definition) is 9. The number of benzene rings is 2. The number of hydrogen-bond donors (Lipinski definition) is 1. The van der Waals surface area contributed by atoms with E-state index in [1.165, 1.54) is 22.1 Å². The summed E-state index contributed by atoms with van der Waals surface area (Å²) < 4.78 is 22.1. The van der Waals surface area contributed by atoms with E-state index in [2.05, 4.69) is 9.88 Å². The molecular formula is C44H51ClFN7O5. The fraction of sp³-hybridized carbons (Fsp3) is 0.500. The maximum atomic E-state index is 15.7. The molecule has 3 aromatic rings. The summed E-state index contributed by atoms with van der Waals surface area (Å²) in [5, 5.41) is 9.55. The first kappa shape index (κ1) is 41.1. The number of nitrogens with two attached hydrogens (primary N) is 1. The molecule has 1 atom stereocenters. The van der Waals surface area contributed by atoms with Crippen LogP contribution in [0.1, 0.15) is 104 Å². The van der Waals surface area contributed by atoms with Crippen LogP contribution in [0.25, 0.3) is 0 Å². The minimum absolute atomic E-state index is 0.103. The third-order valence-electron chi connectivity index (χ3n) is 12.6. The standard InChI is InChI=1S/C44H51ClFN7O5/c1-43(2)41(44(3,4)42(43)58-31-13-11-27(24-47)33(45)22-31)53-37(54)15-14-35(40(53)57)52-26-29-21-36(34(46)23-32(29)39(52)56)51-19-17-50(18-20-51)16-8-6-5-7-9-30-12-10-28(25-49-30)38(48)55/h10-13,21-23,25,35,41-42H,5-9,14-20,26H2,1-4H3,(H2,48,55). The number of piperazine rings is 1. The summed E-state index contributed by atoms with van der Waals surface area (Å²) >= 11 is 6.27. The number of halogens is 2. The Morgan fingerprint density at radius 2 is 1.72 bits per heavy atom. The van der Waals surface area contributed by atoms with Gasteiger partial charge in [0, 0.05) is 73.5 Å². The minimum atomic E-state index is -0.858. The molecule has 306 valence electrons. The number of rotatable bonds is 13. The van der Waals surface area contributed by atoms with Crippen LogP contribution in [0.15, 0.2) is 48.7 Å². The topological polar surface area (TPSA) is 153 Å². The third kappa shape index (κ3) is 7.76. The summed E-state index contributed by atoms with van der Waals surface area (Å²) in [5.41, 5.74) is 7.09. The Hall–Kier alpha value is -5.06. The SMILES string of the molecule is CC1(C)C(Oc2ccc(C#N)c(Cl)c2)C(C)(C)C1N1C(=O)CCC(N2Cc3cc(N4CCN(CCCCCCc5ccc(C(N)=O)cn5)CC4)c(F)cc3C2=O)C1=O. The Morgan fingerprint density at radius 3 is 2.38 bits per heavy atom. The maximum Gasteiger partial charge on any atom is 0.255 e. The zero-order chi connectivity index (χ0) is 41.5. The van der Waals surface area contributed by atoms with Crippen molar-refractivity contribution in [2.45, 2.75) is 97.4 Å². The van der Waals surface area contributed by atoms with Crippen LogP contribution in [0.2, 0.25) is 5.02 Å². The van der Waals surface area contributed by atoms with Gasteiger partial charge in [0.05, 0.1) is 27.9 Å². The van der Waals surface area contributed by atoms with Gasteiger partial charge >= 0.3 is 0 Å². The lowest BCUT2D eigenvalue weighted by Crippen LogP contribution is -2.77. The number of aryl methyl sites for hydroxylation is 1. The van der Waals surface area contributed by atoms with E-state index in [1.807, 2.05) is 44.7 Å². The zero-order valence-corrected chi connectivity index (χ0v) is 34.4. The fourth-order valence-electron chi connectivity index (χ4n) is 9.99. The zero-order valence-electron chi connectivity index (χ0n) is 33.6. The van der Waals surface area contributed by atoms with Crippen LogP contribution >= 0.6 is 11.6 Å². The molecule has 1 unspecified atom stereocenters. The van der Waals surface area contributed by atoms with Crippen LogP contribution in [-0.2, 0) is 22.6 Å². The van der Waals surface area contributed by atoms with Crippen LogP contribution in [0.3, 0.4) is 0 Å². The summed E-state index contributed by atoms with van der Waals surface area (Å²) in [6, 6.07) is 12.2. The largest absolute Gasteiger partial charge is 0.489 e. The lowest BCUT2D eigenvalue weighted by Gasteiger charge is -2.66. The minimum Gasteiger partial charge on any atom is -0.489 e. The summed E-state index contributed by atoms with van der Waals surface area (Å²) in [6.07, 6.45) is 6.56.